The van der Waals surface area contributed by atoms with E-state index in [1.54, 1.807) is 25.9 Å². The number of esters is 1. The lowest BCUT2D eigenvalue weighted by Crippen LogP contribution is -2.10. The third kappa shape index (κ3) is 3.62. The topological polar surface area (TPSA) is 33.9 Å². The van der Waals surface area contributed by atoms with Gasteiger partial charge in [-0.25, -0.2) is 4.79 Å². The molecule has 0 unspecified atom stereocenters. The van der Waals surface area contributed by atoms with Gasteiger partial charge in [-0.05, 0) is 11.8 Å². The highest BCUT2D eigenvalue weighted by Gasteiger charge is 2.20. The second kappa shape index (κ2) is 5.19. The second-order valence-electron chi connectivity index (χ2n) is 2.33. The highest BCUT2D eigenvalue weighted by Crippen LogP contribution is 2.00. The van der Waals surface area contributed by atoms with E-state index in [1.165, 1.54) is 6.20 Å². The summed E-state index contributed by atoms with van der Waals surface area (Å²) in [6, 6.07) is 0. The number of carbonyl (C=O) groups excluding carboxylic acids is 1. The maximum atomic E-state index is 11.0. The van der Waals surface area contributed by atoms with Gasteiger partial charge in [-0.2, -0.15) is 0 Å². The minimum absolute atomic E-state index is 0.113. The summed E-state index contributed by atoms with van der Waals surface area (Å²) in [5.74, 6) is -0.506. The molecule has 0 amide bonds. The third-order valence-corrected chi connectivity index (χ3v) is 1.00. The van der Waals surface area contributed by atoms with Crippen LogP contribution in [0, 0.1) is 6.57 Å². The largest absolute Gasteiger partial charge is 0.457 e. The lowest BCUT2D eigenvalue weighted by Gasteiger charge is -2.00. The lowest BCUT2D eigenvalue weighted by molar-refractivity contribution is -0.138. The first kappa shape index (κ1) is 10.5. The predicted octanol–water partition coefficient (Wildman–Crippen LogP) is 0.915. The summed E-state index contributed by atoms with van der Waals surface area (Å²) < 4.78 is 4.69. The quantitative estimate of drug-likeness (QED) is 0.465. The first-order valence-corrected chi connectivity index (χ1v) is 3.58. The Morgan fingerprint density at radius 1 is 1.67 bits per heavy atom. The molecule has 0 aromatic carbocycles. The number of hydrogen-bond donors (Lipinski definition) is 0. The zero-order chi connectivity index (χ0) is 9.56. The van der Waals surface area contributed by atoms with Crippen molar-refractivity contribution in [1.82, 2.24) is 4.90 Å². The van der Waals surface area contributed by atoms with Crippen molar-refractivity contribution in [3.8, 4) is 6.57 Å². The molecule has 0 atom stereocenters. The van der Waals surface area contributed by atoms with E-state index in [0.29, 0.717) is 6.61 Å². The SMILES string of the molecule is C#[N+]/C(=C\N(C)C)C(=O)OCC. The standard InChI is InChI=1S/C8H13N2O2/c1-5-12-8(11)7(9-2)6-10(3)4/h2,6H,5H2,1,3-4H3/q+1/b7-6-. The fraction of sp³-hybridized carbons (Fsp3) is 0.500. The minimum Gasteiger partial charge on any atom is -0.457 e. The molecule has 0 N–H and O–H groups in total. The molecule has 4 nitrogen and oxygen atoms in total. The Hall–Kier alpha value is -1.50. The molecular weight excluding hydrogens is 156 g/mol. The van der Waals surface area contributed by atoms with Crippen LogP contribution in [0.4, 0.5) is 0 Å². The number of carbonyl (C=O) groups is 1. The Bertz CT molecular complexity index is 226. The highest BCUT2D eigenvalue weighted by atomic mass is 16.5. The zero-order valence-corrected chi connectivity index (χ0v) is 7.57. The zero-order valence-electron chi connectivity index (χ0n) is 7.57. The maximum absolute atomic E-state index is 11.0. The molecular formula is C8H13N2O2+. The molecule has 0 aliphatic carbocycles. The molecule has 0 saturated carbocycles. The van der Waals surface area contributed by atoms with E-state index < -0.39 is 5.97 Å². The summed E-state index contributed by atoms with van der Waals surface area (Å²) >= 11 is 0. The van der Waals surface area contributed by atoms with Gasteiger partial charge < -0.3 is 9.64 Å². The van der Waals surface area contributed by atoms with Crippen LogP contribution >= 0.6 is 0 Å². The summed E-state index contributed by atoms with van der Waals surface area (Å²) in [6.07, 6.45) is 1.50. The number of nitrogens with zero attached hydrogens (tertiary/aromatic N) is 2. The number of hydrogen-bond acceptors (Lipinski definition) is 3. The molecule has 0 saturated heterocycles. The molecule has 12 heavy (non-hydrogen) atoms. The average Bonchev–Trinajstić information content (AvgIpc) is 2.00. The van der Waals surface area contributed by atoms with Crippen molar-refractivity contribution in [2.45, 2.75) is 6.92 Å². The van der Waals surface area contributed by atoms with E-state index in [-0.39, 0.29) is 5.70 Å². The van der Waals surface area contributed by atoms with Crippen molar-refractivity contribution in [3.63, 3.8) is 0 Å². The lowest BCUT2D eigenvalue weighted by atomic mass is 10.5. The van der Waals surface area contributed by atoms with Crippen molar-refractivity contribution in [1.29, 1.82) is 0 Å². The predicted molar refractivity (Wildman–Crippen MR) is 46.7 cm³/mol. The Kier molecular flexibility index (Phi) is 4.54. The second-order valence-corrected chi connectivity index (χ2v) is 2.33. The molecule has 0 heterocycles. The van der Waals surface area contributed by atoms with Crippen LogP contribution in [0.5, 0.6) is 0 Å². The van der Waals surface area contributed by atoms with Gasteiger partial charge in [0.25, 0.3) is 6.57 Å². The monoisotopic (exact) mass is 169 g/mol. The van der Waals surface area contributed by atoms with Gasteiger partial charge in [0.15, 0.2) is 0 Å². The normalized spacial score (nSPS) is 10.3. The molecule has 0 spiro atoms. The van der Waals surface area contributed by atoms with Gasteiger partial charge in [-0.15, -0.1) is 0 Å². The number of ether oxygens (including phenoxy) is 1. The molecule has 0 aromatic rings. The van der Waals surface area contributed by atoms with Crippen molar-refractivity contribution in [2.24, 2.45) is 0 Å². The van der Waals surface area contributed by atoms with Crippen LogP contribution in [0.2, 0.25) is 0 Å². The van der Waals surface area contributed by atoms with Crippen LogP contribution in [0.1, 0.15) is 6.92 Å². The first-order valence-electron chi connectivity index (χ1n) is 3.58. The van der Waals surface area contributed by atoms with E-state index >= 15 is 0 Å². The average molecular weight is 169 g/mol. The third-order valence-electron chi connectivity index (χ3n) is 1.00. The van der Waals surface area contributed by atoms with Crippen molar-refractivity contribution < 1.29 is 9.53 Å². The summed E-state index contributed by atoms with van der Waals surface area (Å²) in [5.41, 5.74) is 0.113. The number of rotatable bonds is 3. The van der Waals surface area contributed by atoms with Crippen LogP contribution in [0.25, 0.3) is 4.85 Å². The van der Waals surface area contributed by atoms with E-state index in [2.05, 4.69) is 9.58 Å². The van der Waals surface area contributed by atoms with Crippen molar-refractivity contribution >= 4 is 5.97 Å². The Labute approximate surface area is 72.2 Å². The van der Waals surface area contributed by atoms with Crippen LogP contribution in [-0.4, -0.2) is 31.6 Å². The van der Waals surface area contributed by atoms with Gasteiger partial charge >= 0.3 is 11.7 Å². The van der Waals surface area contributed by atoms with Gasteiger partial charge in [0.1, 0.15) is 0 Å². The fourth-order valence-electron chi connectivity index (χ4n) is 0.588. The summed E-state index contributed by atoms with van der Waals surface area (Å²) in [5, 5.41) is 0. The molecule has 0 aromatic heterocycles. The molecule has 0 aliphatic heterocycles. The van der Waals surface area contributed by atoms with Gasteiger partial charge in [-0.3, -0.25) is 0 Å². The minimum atomic E-state index is -0.506. The van der Waals surface area contributed by atoms with Crippen LogP contribution < -0.4 is 0 Å². The summed E-state index contributed by atoms with van der Waals surface area (Å²) in [4.78, 5) is 16.0. The van der Waals surface area contributed by atoms with E-state index in [0.717, 1.165) is 0 Å². The fourth-order valence-corrected chi connectivity index (χ4v) is 0.588. The molecule has 0 radical (unpaired) electrons. The molecule has 0 bridgehead atoms. The molecule has 66 valence electrons. The molecule has 0 aliphatic rings. The Morgan fingerprint density at radius 2 is 2.25 bits per heavy atom. The molecule has 4 heteroatoms. The first-order chi connectivity index (χ1) is 5.61. The maximum Gasteiger partial charge on any atom is 0.439 e. The van der Waals surface area contributed by atoms with E-state index in [9.17, 15) is 4.79 Å². The summed E-state index contributed by atoms with van der Waals surface area (Å²) in [6.45, 7) is 7.02. The smallest absolute Gasteiger partial charge is 0.439 e. The van der Waals surface area contributed by atoms with Crippen LogP contribution in [0.15, 0.2) is 11.9 Å². The van der Waals surface area contributed by atoms with Crippen molar-refractivity contribution in [2.75, 3.05) is 20.7 Å². The van der Waals surface area contributed by atoms with Crippen LogP contribution in [-0.2, 0) is 9.53 Å². The van der Waals surface area contributed by atoms with Gasteiger partial charge in [0.05, 0.1) is 12.8 Å². The van der Waals surface area contributed by atoms with Gasteiger partial charge in [0, 0.05) is 14.1 Å². The van der Waals surface area contributed by atoms with Crippen LogP contribution in [0.3, 0.4) is 0 Å². The van der Waals surface area contributed by atoms with Gasteiger partial charge in [0.2, 0.25) is 0 Å². The Balaban J connectivity index is 4.37. The summed E-state index contributed by atoms with van der Waals surface area (Å²) in [7, 11) is 3.54. The highest BCUT2D eigenvalue weighted by molar-refractivity contribution is 5.90. The van der Waals surface area contributed by atoms with Crippen molar-refractivity contribution in [3.05, 3.63) is 16.7 Å². The van der Waals surface area contributed by atoms with E-state index in [4.69, 9.17) is 6.57 Å². The Morgan fingerprint density at radius 3 is 2.58 bits per heavy atom. The molecule has 0 fully saturated rings. The molecule has 0 rings (SSSR count). The van der Waals surface area contributed by atoms with Gasteiger partial charge in [-0.1, -0.05) is 0 Å². The van der Waals surface area contributed by atoms with E-state index in [1.807, 2.05) is 0 Å².